The molecule has 0 unspecified atom stereocenters. The third-order valence-electron chi connectivity index (χ3n) is 4.52. The molecule has 4 rings (SSSR count). The summed E-state index contributed by atoms with van der Waals surface area (Å²) in [4.78, 5) is 17.1. The molecule has 2 aromatic carbocycles. The van der Waals surface area contributed by atoms with E-state index in [1.54, 1.807) is 23.1 Å². The Labute approximate surface area is 177 Å². The van der Waals surface area contributed by atoms with Gasteiger partial charge in [0.15, 0.2) is 5.69 Å². The molecule has 8 heteroatoms. The van der Waals surface area contributed by atoms with Crippen molar-refractivity contribution in [3.63, 3.8) is 0 Å². The van der Waals surface area contributed by atoms with Gasteiger partial charge in [0.25, 0.3) is 5.91 Å². The van der Waals surface area contributed by atoms with Crippen LogP contribution in [0, 0.1) is 12.7 Å². The Morgan fingerprint density at radius 2 is 2.03 bits per heavy atom. The molecule has 0 fully saturated rings. The van der Waals surface area contributed by atoms with E-state index >= 15 is 0 Å². The normalized spacial score (nSPS) is 10.8. The molecule has 2 heterocycles. The van der Waals surface area contributed by atoms with Crippen molar-refractivity contribution >= 4 is 17.5 Å². The van der Waals surface area contributed by atoms with Crippen LogP contribution >= 0.6 is 11.6 Å². The fourth-order valence-corrected chi connectivity index (χ4v) is 3.30. The number of nitrogens with one attached hydrogen (secondary N) is 1. The first-order valence-electron chi connectivity index (χ1n) is 9.18. The zero-order valence-corrected chi connectivity index (χ0v) is 16.8. The summed E-state index contributed by atoms with van der Waals surface area (Å²) < 4.78 is 14.9. The molecule has 0 saturated carbocycles. The number of aromatic nitrogens is 4. The van der Waals surface area contributed by atoms with E-state index in [1.165, 1.54) is 18.2 Å². The van der Waals surface area contributed by atoms with Crippen LogP contribution in [0.1, 0.15) is 21.6 Å². The van der Waals surface area contributed by atoms with E-state index in [1.807, 2.05) is 37.3 Å². The summed E-state index contributed by atoms with van der Waals surface area (Å²) in [6.45, 7) is 2.10. The topological polar surface area (TPSA) is 72.7 Å². The van der Waals surface area contributed by atoms with Crippen molar-refractivity contribution in [3.8, 4) is 16.9 Å². The fourth-order valence-electron chi connectivity index (χ4n) is 3.06. The Bertz CT molecular complexity index is 1210. The maximum Gasteiger partial charge on any atom is 0.274 e. The maximum atomic E-state index is 13.2. The number of hydrogen-bond acceptors (Lipinski definition) is 4. The van der Waals surface area contributed by atoms with E-state index in [9.17, 15) is 9.18 Å². The fraction of sp³-hybridized carbons (Fsp3) is 0.0909. The predicted octanol–water partition coefficient (Wildman–Crippen LogP) is 4.36. The Hall–Kier alpha value is -3.58. The lowest BCUT2D eigenvalue weighted by molar-refractivity contribution is 0.0946. The third-order valence-corrected chi connectivity index (χ3v) is 4.87. The quantitative estimate of drug-likeness (QED) is 0.519. The lowest BCUT2D eigenvalue weighted by Gasteiger charge is -2.10. The van der Waals surface area contributed by atoms with Gasteiger partial charge in [0.05, 0.1) is 5.69 Å². The van der Waals surface area contributed by atoms with Crippen LogP contribution in [-0.4, -0.2) is 25.9 Å². The maximum absolute atomic E-state index is 13.2. The molecule has 150 valence electrons. The summed E-state index contributed by atoms with van der Waals surface area (Å²) in [5, 5.41) is 11.4. The zero-order valence-electron chi connectivity index (χ0n) is 16.0. The highest BCUT2D eigenvalue weighted by Gasteiger charge is 2.22. The molecular formula is C22H17ClFN5O. The molecule has 0 aliphatic carbocycles. The van der Waals surface area contributed by atoms with Crippen molar-refractivity contribution in [2.75, 3.05) is 0 Å². The van der Waals surface area contributed by atoms with Crippen molar-refractivity contribution in [3.05, 3.63) is 94.7 Å². The summed E-state index contributed by atoms with van der Waals surface area (Å²) in [6, 6.07) is 15.4. The average molecular weight is 422 g/mol. The minimum atomic E-state index is -0.435. The molecule has 0 aliphatic rings. The molecule has 0 saturated heterocycles. The lowest BCUT2D eigenvalue weighted by Crippen LogP contribution is -2.24. The van der Waals surface area contributed by atoms with Crippen LogP contribution in [0.5, 0.6) is 0 Å². The van der Waals surface area contributed by atoms with Crippen molar-refractivity contribution in [2.24, 2.45) is 0 Å². The molecule has 0 aliphatic heterocycles. The van der Waals surface area contributed by atoms with E-state index < -0.39 is 11.7 Å². The number of halogens is 2. The summed E-state index contributed by atoms with van der Waals surface area (Å²) in [5.74, 6) is -0.858. The first kappa shape index (κ1) is 19.7. The Balaban J connectivity index is 1.70. The van der Waals surface area contributed by atoms with Gasteiger partial charge >= 0.3 is 0 Å². The molecule has 0 bridgehead atoms. The molecule has 4 aromatic rings. The van der Waals surface area contributed by atoms with Gasteiger partial charge in [0, 0.05) is 29.5 Å². The molecular weight excluding hydrogens is 405 g/mol. The second-order valence-corrected chi connectivity index (χ2v) is 7.10. The van der Waals surface area contributed by atoms with E-state index in [-0.39, 0.29) is 17.3 Å². The van der Waals surface area contributed by atoms with Gasteiger partial charge in [-0.1, -0.05) is 35.0 Å². The number of carbonyl (C=O) groups is 1. The molecule has 0 atom stereocenters. The van der Waals surface area contributed by atoms with E-state index in [2.05, 4.69) is 20.6 Å². The number of benzene rings is 2. The van der Waals surface area contributed by atoms with Crippen molar-refractivity contribution in [2.45, 2.75) is 13.5 Å². The van der Waals surface area contributed by atoms with Crippen LogP contribution in [0.25, 0.3) is 16.9 Å². The van der Waals surface area contributed by atoms with Gasteiger partial charge in [-0.3, -0.25) is 9.78 Å². The Morgan fingerprint density at radius 1 is 1.17 bits per heavy atom. The van der Waals surface area contributed by atoms with Crippen LogP contribution in [0.15, 0.2) is 67.0 Å². The number of hydrogen-bond donors (Lipinski definition) is 1. The van der Waals surface area contributed by atoms with Crippen molar-refractivity contribution < 1.29 is 9.18 Å². The standard InChI is InChI=1S/C22H17ClFN5O/c1-14-4-2-6-18(10-14)29-21(16-5-3-9-25-12-16)20(27-28-29)22(30)26-13-15-7-8-17(24)11-19(15)23/h2-12H,13H2,1H3,(H,26,30). The van der Waals surface area contributed by atoms with Crippen LogP contribution in [0.3, 0.4) is 0 Å². The van der Waals surface area contributed by atoms with Gasteiger partial charge in [-0.2, -0.15) is 0 Å². The number of carbonyl (C=O) groups excluding carboxylic acids is 1. The van der Waals surface area contributed by atoms with E-state index in [0.717, 1.165) is 11.3 Å². The number of pyridine rings is 1. The van der Waals surface area contributed by atoms with E-state index in [4.69, 9.17) is 11.6 Å². The van der Waals surface area contributed by atoms with Gasteiger partial charge in [-0.15, -0.1) is 5.10 Å². The number of rotatable bonds is 5. The summed E-state index contributed by atoms with van der Waals surface area (Å²) >= 11 is 6.05. The smallest absolute Gasteiger partial charge is 0.274 e. The van der Waals surface area contributed by atoms with Gasteiger partial charge in [-0.25, -0.2) is 9.07 Å². The van der Waals surface area contributed by atoms with Crippen LogP contribution in [0.4, 0.5) is 4.39 Å². The van der Waals surface area contributed by atoms with Gasteiger partial charge < -0.3 is 5.32 Å². The minimum Gasteiger partial charge on any atom is -0.346 e. The highest BCUT2D eigenvalue weighted by molar-refractivity contribution is 6.31. The molecule has 30 heavy (non-hydrogen) atoms. The molecule has 6 nitrogen and oxygen atoms in total. The zero-order chi connectivity index (χ0) is 21.1. The summed E-state index contributed by atoms with van der Waals surface area (Å²) in [5.41, 5.74) is 3.81. The van der Waals surface area contributed by atoms with Crippen molar-refractivity contribution in [1.29, 1.82) is 0 Å². The van der Waals surface area contributed by atoms with Crippen LogP contribution in [-0.2, 0) is 6.54 Å². The molecule has 1 amide bonds. The van der Waals surface area contributed by atoms with Gasteiger partial charge in [0.2, 0.25) is 0 Å². The second kappa shape index (κ2) is 8.42. The summed E-state index contributed by atoms with van der Waals surface area (Å²) in [7, 11) is 0. The van der Waals surface area contributed by atoms with Gasteiger partial charge in [0.1, 0.15) is 11.5 Å². The largest absolute Gasteiger partial charge is 0.346 e. The average Bonchev–Trinajstić information content (AvgIpc) is 3.19. The Morgan fingerprint density at radius 3 is 2.77 bits per heavy atom. The monoisotopic (exact) mass is 421 g/mol. The molecule has 2 aromatic heterocycles. The molecule has 1 N–H and O–H groups in total. The predicted molar refractivity (Wildman–Crippen MR) is 112 cm³/mol. The number of aryl methyl sites for hydroxylation is 1. The number of amides is 1. The SMILES string of the molecule is Cc1cccc(-n2nnc(C(=O)NCc3ccc(F)cc3Cl)c2-c2cccnc2)c1. The van der Waals surface area contributed by atoms with Crippen LogP contribution < -0.4 is 5.32 Å². The summed E-state index contributed by atoms with van der Waals surface area (Å²) in [6.07, 6.45) is 3.30. The first-order valence-corrected chi connectivity index (χ1v) is 9.56. The van der Waals surface area contributed by atoms with Crippen molar-refractivity contribution in [1.82, 2.24) is 25.3 Å². The highest BCUT2D eigenvalue weighted by atomic mass is 35.5. The second-order valence-electron chi connectivity index (χ2n) is 6.70. The number of nitrogens with zero attached hydrogens (tertiary/aromatic N) is 4. The molecule has 0 radical (unpaired) electrons. The minimum absolute atomic E-state index is 0.127. The van der Waals surface area contributed by atoms with Gasteiger partial charge in [-0.05, 0) is 54.4 Å². The molecule has 0 spiro atoms. The van der Waals surface area contributed by atoms with Crippen LogP contribution in [0.2, 0.25) is 5.02 Å². The van der Waals surface area contributed by atoms with E-state index in [0.29, 0.717) is 16.8 Å². The lowest BCUT2D eigenvalue weighted by atomic mass is 10.1. The Kier molecular flexibility index (Phi) is 5.54. The first-order chi connectivity index (χ1) is 14.5. The highest BCUT2D eigenvalue weighted by Crippen LogP contribution is 2.25. The third kappa shape index (κ3) is 4.06.